The molecule has 0 radical (unpaired) electrons. The molecule has 0 aliphatic heterocycles. The van der Waals surface area contributed by atoms with Crippen molar-refractivity contribution in [2.24, 2.45) is 0 Å². The number of hydrogen-bond acceptors (Lipinski definition) is 1. The minimum Gasteiger partial charge on any atom is -0.399 e. The van der Waals surface area contributed by atoms with Crippen LogP contribution in [0.2, 0.25) is 0 Å². The second kappa shape index (κ2) is 4.85. The molecular weight excluding hydrogens is 218 g/mol. The molecule has 0 spiro atoms. The van der Waals surface area contributed by atoms with Crippen LogP contribution in [0.25, 0.3) is 11.1 Å². The summed E-state index contributed by atoms with van der Waals surface area (Å²) in [5.74, 6) is 0.797. The van der Waals surface area contributed by atoms with E-state index >= 15 is 0 Å². The summed E-state index contributed by atoms with van der Waals surface area (Å²) in [6, 6.07) is 17.1. The molecule has 0 bridgehead atoms. The number of benzene rings is 2. The molecule has 0 atom stereocenters. The number of anilines is 1. The zero-order valence-corrected chi connectivity index (χ0v) is 10.6. The van der Waals surface area contributed by atoms with Gasteiger partial charge in [0.05, 0.1) is 0 Å². The zero-order valence-electron chi connectivity index (χ0n) is 10.6. The summed E-state index contributed by atoms with van der Waals surface area (Å²) in [4.78, 5) is 0. The maximum atomic E-state index is 5.71. The lowest BCUT2D eigenvalue weighted by atomic mass is 9.95. The van der Waals surface area contributed by atoms with Gasteiger partial charge in [0.25, 0.3) is 0 Å². The molecule has 2 aromatic carbocycles. The van der Waals surface area contributed by atoms with Gasteiger partial charge in [0.2, 0.25) is 0 Å². The van der Waals surface area contributed by atoms with Crippen molar-refractivity contribution in [3.63, 3.8) is 0 Å². The fourth-order valence-corrected chi connectivity index (χ4v) is 2.88. The van der Waals surface area contributed by atoms with Crippen molar-refractivity contribution in [1.29, 1.82) is 0 Å². The fraction of sp³-hybridized carbons (Fsp3) is 0.294. The number of hydrogen-bond donors (Lipinski definition) is 1. The first-order chi connectivity index (χ1) is 8.83. The molecule has 1 aliphatic carbocycles. The highest BCUT2D eigenvalue weighted by atomic mass is 14.5. The van der Waals surface area contributed by atoms with Gasteiger partial charge in [0.15, 0.2) is 0 Å². The Hall–Kier alpha value is -1.76. The summed E-state index contributed by atoms with van der Waals surface area (Å²) in [6.45, 7) is 0. The van der Waals surface area contributed by atoms with Gasteiger partial charge in [0.1, 0.15) is 0 Å². The molecule has 1 saturated carbocycles. The van der Waals surface area contributed by atoms with E-state index < -0.39 is 0 Å². The van der Waals surface area contributed by atoms with Gasteiger partial charge in [-0.05, 0) is 47.6 Å². The van der Waals surface area contributed by atoms with E-state index in [2.05, 4.69) is 36.4 Å². The normalized spacial score (nSPS) is 16.0. The average molecular weight is 237 g/mol. The van der Waals surface area contributed by atoms with Crippen LogP contribution >= 0.6 is 0 Å². The maximum absolute atomic E-state index is 5.71. The van der Waals surface area contributed by atoms with E-state index in [-0.39, 0.29) is 0 Å². The molecule has 1 aliphatic rings. The Labute approximate surface area is 109 Å². The van der Waals surface area contributed by atoms with E-state index in [1.54, 1.807) is 0 Å². The molecule has 0 aromatic heterocycles. The molecule has 18 heavy (non-hydrogen) atoms. The molecule has 0 heterocycles. The van der Waals surface area contributed by atoms with Gasteiger partial charge in [-0.15, -0.1) is 0 Å². The van der Waals surface area contributed by atoms with Gasteiger partial charge in [-0.3, -0.25) is 0 Å². The third-order valence-corrected chi connectivity index (χ3v) is 3.98. The zero-order chi connectivity index (χ0) is 12.4. The van der Waals surface area contributed by atoms with E-state index in [4.69, 9.17) is 5.73 Å². The SMILES string of the molecule is Nc1ccc(-c2ccc(C3CCCC3)cc2)cc1. The molecule has 0 saturated heterocycles. The van der Waals surface area contributed by atoms with E-state index in [0.717, 1.165) is 11.6 Å². The third-order valence-electron chi connectivity index (χ3n) is 3.98. The summed E-state index contributed by atoms with van der Waals surface area (Å²) in [6.07, 6.45) is 5.51. The lowest BCUT2D eigenvalue weighted by molar-refractivity contribution is 0.723. The topological polar surface area (TPSA) is 26.0 Å². The highest BCUT2D eigenvalue weighted by molar-refractivity contribution is 5.65. The first-order valence-electron chi connectivity index (χ1n) is 6.79. The highest BCUT2D eigenvalue weighted by Crippen LogP contribution is 2.34. The van der Waals surface area contributed by atoms with Crippen LogP contribution < -0.4 is 5.73 Å². The Morgan fingerprint density at radius 2 is 1.22 bits per heavy atom. The molecule has 3 rings (SSSR count). The molecule has 0 amide bonds. The van der Waals surface area contributed by atoms with E-state index in [9.17, 15) is 0 Å². The molecule has 92 valence electrons. The van der Waals surface area contributed by atoms with Crippen LogP contribution in [0, 0.1) is 0 Å². The molecule has 2 aromatic rings. The minimum atomic E-state index is 0.797. The Bertz CT molecular complexity index is 504. The number of nitrogens with two attached hydrogens (primary N) is 1. The number of nitrogen functional groups attached to an aromatic ring is 1. The summed E-state index contributed by atoms with van der Waals surface area (Å²) >= 11 is 0. The largest absolute Gasteiger partial charge is 0.399 e. The average Bonchev–Trinajstić information content (AvgIpc) is 2.94. The quantitative estimate of drug-likeness (QED) is 0.759. The van der Waals surface area contributed by atoms with Gasteiger partial charge >= 0.3 is 0 Å². The number of rotatable bonds is 2. The van der Waals surface area contributed by atoms with E-state index in [0.29, 0.717) is 0 Å². The van der Waals surface area contributed by atoms with Gasteiger partial charge in [-0.2, -0.15) is 0 Å². The Morgan fingerprint density at radius 3 is 1.78 bits per heavy atom. The first-order valence-corrected chi connectivity index (χ1v) is 6.79. The minimum absolute atomic E-state index is 0.797. The van der Waals surface area contributed by atoms with Crippen molar-refractivity contribution in [3.8, 4) is 11.1 Å². The maximum Gasteiger partial charge on any atom is 0.0314 e. The lowest BCUT2D eigenvalue weighted by Gasteiger charge is -2.10. The third kappa shape index (κ3) is 2.26. The van der Waals surface area contributed by atoms with Crippen LogP contribution in [0.4, 0.5) is 5.69 Å². The molecule has 1 fully saturated rings. The van der Waals surface area contributed by atoms with Crippen LogP contribution in [0.1, 0.15) is 37.2 Å². The molecule has 1 heteroatoms. The predicted molar refractivity (Wildman–Crippen MR) is 77.5 cm³/mol. The second-order valence-corrected chi connectivity index (χ2v) is 5.23. The summed E-state index contributed by atoms with van der Waals surface area (Å²) in [7, 11) is 0. The van der Waals surface area contributed by atoms with Crippen LogP contribution in [0.15, 0.2) is 48.5 Å². The van der Waals surface area contributed by atoms with Gasteiger partial charge < -0.3 is 5.73 Å². The molecule has 2 N–H and O–H groups in total. The van der Waals surface area contributed by atoms with Crippen molar-refractivity contribution in [3.05, 3.63) is 54.1 Å². The summed E-state index contributed by atoms with van der Waals surface area (Å²) < 4.78 is 0. The van der Waals surface area contributed by atoms with Crippen molar-refractivity contribution >= 4 is 5.69 Å². The second-order valence-electron chi connectivity index (χ2n) is 5.23. The molecule has 1 nitrogen and oxygen atoms in total. The van der Waals surface area contributed by atoms with Crippen molar-refractivity contribution in [2.75, 3.05) is 5.73 Å². The molecular formula is C17H19N. The van der Waals surface area contributed by atoms with Crippen LogP contribution in [0.5, 0.6) is 0 Å². The van der Waals surface area contributed by atoms with Crippen molar-refractivity contribution in [2.45, 2.75) is 31.6 Å². The van der Waals surface area contributed by atoms with Crippen LogP contribution in [-0.4, -0.2) is 0 Å². The van der Waals surface area contributed by atoms with Gasteiger partial charge in [-0.1, -0.05) is 49.2 Å². The van der Waals surface area contributed by atoms with Crippen LogP contribution in [-0.2, 0) is 0 Å². The lowest BCUT2D eigenvalue weighted by Crippen LogP contribution is -1.91. The molecule has 0 unspecified atom stereocenters. The Kier molecular flexibility index (Phi) is 3.06. The predicted octanol–water partition coefficient (Wildman–Crippen LogP) is 4.59. The smallest absolute Gasteiger partial charge is 0.0314 e. The van der Waals surface area contributed by atoms with Crippen molar-refractivity contribution in [1.82, 2.24) is 0 Å². The standard InChI is InChI=1S/C17H19N/c18-17-11-9-16(10-12-17)15-7-5-14(6-8-15)13-3-1-2-4-13/h5-13H,1-4,18H2. The van der Waals surface area contributed by atoms with Gasteiger partial charge in [0, 0.05) is 5.69 Å². The van der Waals surface area contributed by atoms with Crippen LogP contribution in [0.3, 0.4) is 0 Å². The monoisotopic (exact) mass is 237 g/mol. The Morgan fingerprint density at radius 1 is 0.722 bits per heavy atom. The summed E-state index contributed by atoms with van der Waals surface area (Å²) in [5.41, 5.74) is 10.6. The van der Waals surface area contributed by atoms with E-state index in [1.807, 2.05) is 12.1 Å². The summed E-state index contributed by atoms with van der Waals surface area (Å²) in [5, 5.41) is 0. The highest BCUT2D eigenvalue weighted by Gasteiger charge is 2.16. The fourth-order valence-electron chi connectivity index (χ4n) is 2.88. The van der Waals surface area contributed by atoms with E-state index in [1.165, 1.54) is 42.4 Å². The van der Waals surface area contributed by atoms with Crippen molar-refractivity contribution < 1.29 is 0 Å². The Balaban J connectivity index is 1.84. The van der Waals surface area contributed by atoms with Gasteiger partial charge in [-0.25, -0.2) is 0 Å². The first kappa shape index (κ1) is 11.3.